The average molecular weight is 515 g/mol. The Labute approximate surface area is 188 Å². The summed E-state index contributed by atoms with van der Waals surface area (Å²) in [6, 6.07) is 7.85. The molecule has 154 valence electrons. The minimum atomic E-state index is 0. The minimum absolute atomic E-state index is 0. The Morgan fingerprint density at radius 3 is 2.57 bits per heavy atom. The van der Waals surface area contributed by atoms with Crippen molar-refractivity contribution < 1.29 is 4.79 Å². The first-order valence-corrected chi connectivity index (χ1v) is 10.0. The number of hydrogen-bond acceptors (Lipinski definition) is 4. The van der Waals surface area contributed by atoms with Crippen LogP contribution in [0.2, 0.25) is 0 Å². The minimum Gasteiger partial charge on any atom is -0.352 e. The average Bonchev–Trinajstić information content (AvgIpc) is 2.99. The number of guanidine groups is 1. The van der Waals surface area contributed by atoms with E-state index in [1.165, 1.54) is 4.88 Å². The highest BCUT2D eigenvalue weighted by molar-refractivity contribution is 14.0. The molecule has 1 atom stereocenters. The number of nitrogens with zero attached hydrogens (tertiary/aromatic N) is 2. The highest BCUT2D eigenvalue weighted by Crippen LogP contribution is 2.16. The van der Waals surface area contributed by atoms with Gasteiger partial charge in [-0.3, -0.25) is 9.79 Å². The van der Waals surface area contributed by atoms with Crippen molar-refractivity contribution in [3.63, 3.8) is 0 Å². The molecule has 0 saturated carbocycles. The van der Waals surface area contributed by atoms with Gasteiger partial charge in [0, 0.05) is 30.1 Å². The Kier molecular flexibility index (Phi) is 10.4. The number of aromatic nitrogens is 1. The summed E-state index contributed by atoms with van der Waals surface area (Å²) in [4.78, 5) is 22.1. The summed E-state index contributed by atoms with van der Waals surface area (Å²) in [6.45, 7) is 9.30. The largest absolute Gasteiger partial charge is 0.352 e. The molecule has 0 spiro atoms. The van der Waals surface area contributed by atoms with Crippen molar-refractivity contribution in [2.75, 3.05) is 12.4 Å². The lowest BCUT2D eigenvalue weighted by Crippen LogP contribution is -2.36. The SMILES string of the molecule is CCC(C)C(=O)Nc1cccc(CNC(=NC)NCc2nc(C)c(C)s2)c1.I. The van der Waals surface area contributed by atoms with Gasteiger partial charge < -0.3 is 16.0 Å². The highest BCUT2D eigenvalue weighted by atomic mass is 127. The Hall–Kier alpha value is -1.68. The van der Waals surface area contributed by atoms with Crippen molar-refractivity contribution in [1.82, 2.24) is 15.6 Å². The molecule has 0 aliphatic carbocycles. The lowest BCUT2D eigenvalue weighted by molar-refractivity contribution is -0.119. The van der Waals surface area contributed by atoms with E-state index < -0.39 is 0 Å². The predicted octanol–water partition coefficient (Wildman–Crippen LogP) is 4.23. The fraction of sp³-hybridized carbons (Fsp3) is 0.450. The lowest BCUT2D eigenvalue weighted by Gasteiger charge is -2.13. The van der Waals surface area contributed by atoms with Crippen LogP contribution in [0.4, 0.5) is 5.69 Å². The molecule has 1 aromatic carbocycles. The molecule has 2 rings (SSSR count). The van der Waals surface area contributed by atoms with Gasteiger partial charge in [0.25, 0.3) is 0 Å². The van der Waals surface area contributed by atoms with E-state index in [0.717, 1.165) is 34.3 Å². The van der Waals surface area contributed by atoms with Crippen LogP contribution in [-0.4, -0.2) is 23.9 Å². The van der Waals surface area contributed by atoms with Gasteiger partial charge in [-0.25, -0.2) is 4.98 Å². The van der Waals surface area contributed by atoms with Crippen molar-refractivity contribution in [3.05, 3.63) is 45.4 Å². The number of nitrogens with one attached hydrogen (secondary N) is 3. The maximum Gasteiger partial charge on any atom is 0.227 e. The van der Waals surface area contributed by atoms with E-state index in [-0.39, 0.29) is 35.8 Å². The van der Waals surface area contributed by atoms with Crippen LogP contribution in [0.25, 0.3) is 0 Å². The van der Waals surface area contributed by atoms with E-state index >= 15 is 0 Å². The zero-order chi connectivity index (χ0) is 19.8. The molecule has 2 aromatic rings. The van der Waals surface area contributed by atoms with Gasteiger partial charge in [0.15, 0.2) is 5.96 Å². The van der Waals surface area contributed by atoms with Crippen LogP contribution in [0.1, 0.15) is 41.4 Å². The molecular formula is C20H30IN5OS. The number of benzene rings is 1. The van der Waals surface area contributed by atoms with Crippen molar-refractivity contribution in [2.45, 2.75) is 47.2 Å². The first kappa shape index (κ1) is 24.4. The monoisotopic (exact) mass is 515 g/mol. The summed E-state index contributed by atoms with van der Waals surface area (Å²) < 4.78 is 0. The molecule has 0 fully saturated rings. The topological polar surface area (TPSA) is 78.4 Å². The van der Waals surface area contributed by atoms with Crippen LogP contribution in [0.15, 0.2) is 29.3 Å². The summed E-state index contributed by atoms with van der Waals surface area (Å²) in [5.41, 5.74) is 2.97. The molecule has 6 nitrogen and oxygen atoms in total. The van der Waals surface area contributed by atoms with Crippen molar-refractivity contribution in [1.29, 1.82) is 0 Å². The van der Waals surface area contributed by atoms with Gasteiger partial charge in [-0.15, -0.1) is 35.3 Å². The van der Waals surface area contributed by atoms with Crippen LogP contribution in [0.3, 0.4) is 0 Å². The summed E-state index contributed by atoms with van der Waals surface area (Å²) in [6.07, 6.45) is 0.827. The number of anilines is 1. The maximum absolute atomic E-state index is 12.1. The number of carbonyl (C=O) groups is 1. The molecule has 1 unspecified atom stereocenters. The number of hydrogen-bond donors (Lipinski definition) is 3. The molecular weight excluding hydrogens is 485 g/mol. The molecule has 0 aliphatic rings. The van der Waals surface area contributed by atoms with Crippen molar-refractivity contribution >= 4 is 52.9 Å². The van der Waals surface area contributed by atoms with E-state index in [9.17, 15) is 4.79 Å². The zero-order valence-electron chi connectivity index (χ0n) is 17.1. The van der Waals surface area contributed by atoms with Crippen LogP contribution in [0.5, 0.6) is 0 Å². The number of carbonyl (C=O) groups excluding carboxylic acids is 1. The van der Waals surface area contributed by atoms with Crippen LogP contribution < -0.4 is 16.0 Å². The van der Waals surface area contributed by atoms with Gasteiger partial charge >= 0.3 is 0 Å². The second-order valence-electron chi connectivity index (χ2n) is 6.53. The van der Waals surface area contributed by atoms with Gasteiger partial charge in [0.1, 0.15) is 5.01 Å². The zero-order valence-corrected chi connectivity index (χ0v) is 20.3. The quantitative estimate of drug-likeness (QED) is 0.293. The standard InChI is InChI=1S/C20H29N5OS.HI/c1-6-13(2)19(26)25-17-9-7-8-16(10-17)11-22-20(21-5)23-12-18-24-14(3)15(4)27-18;/h7-10,13H,6,11-12H2,1-5H3,(H,25,26)(H2,21,22,23);1H. The first-order chi connectivity index (χ1) is 12.9. The molecule has 1 aromatic heterocycles. The molecule has 0 radical (unpaired) electrons. The van der Waals surface area contributed by atoms with Gasteiger partial charge in [-0.1, -0.05) is 26.0 Å². The van der Waals surface area contributed by atoms with E-state index in [4.69, 9.17) is 0 Å². The second-order valence-corrected chi connectivity index (χ2v) is 7.82. The van der Waals surface area contributed by atoms with Gasteiger partial charge in [0.2, 0.25) is 5.91 Å². The number of aryl methyl sites for hydroxylation is 2. The molecule has 8 heteroatoms. The number of amides is 1. The summed E-state index contributed by atoms with van der Waals surface area (Å²) in [5.74, 6) is 0.775. The fourth-order valence-corrected chi connectivity index (χ4v) is 3.26. The number of halogens is 1. The van der Waals surface area contributed by atoms with Gasteiger partial charge in [-0.05, 0) is 38.0 Å². The molecule has 1 amide bonds. The Morgan fingerprint density at radius 1 is 1.25 bits per heavy atom. The fourth-order valence-electron chi connectivity index (χ4n) is 2.39. The predicted molar refractivity (Wildman–Crippen MR) is 129 cm³/mol. The number of aliphatic imine (C=N–C) groups is 1. The van der Waals surface area contributed by atoms with Crippen molar-refractivity contribution in [3.8, 4) is 0 Å². The van der Waals surface area contributed by atoms with Gasteiger partial charge in [0.05, 0.1) is 12.2 Å². The van der Waals surface area contributed by atoms with Crippen LogP contribution in [-0.2, 0) is 17.9 Å². The molecule has 3 N–H and O–H groups in total. The molecule has 28 heavy (non-hydrogen) atoms. The van der Waals surface area contributed by atoms with E-state index in [1.54, 1.807) is 18.4 Å². The number of rotatable bonds is 7. The number of thiazole rings is 1. The Morgan fingerprint density at radius 2 is 1.96 bits per heavy atom. The molecule has 0 aliphatic heterocycles. The lowest BCUT2D eigenvalue weighted by atomic mass is 10.1. The first-order valence-electron chi connectivity index (χ1n) is 9.20. The maximum atomic E-state index is 12.1. The smallest absolute Gasteiger partial charge is 0.227 e. The Bertz CT molecular complexity index is 786. The van der Waals surface area contributed by atoms with Crippen LogP contribution >= 0.6 is 35.3 Å². The summed E-state index contributed by atoms with van der Waals surface area (Å²) in [7, 11) is 1.75. The molecule has 1 heterocycles. The second kappa shape index (κ2) is 12.0. The summed E-state index contributed by atoms with van der Waals surface area (Å²) in [5, 5.41) is 10.6. The molecule has 0 saturated heterocycles. The van der Waals surface area contributed by atoms with E-state index in [0.29, 0.717) is 13.1 Å². The third-order valence-electron chi connectivity index (χ3n) is 4.42. The van der Waals surface area contributed by atoms with E-state index in [1.807, 2.05) is 45.0 Å². The normalized spacial score (nSPS) is 12.1. The third-order valence-corrected chi connectivity index (χ3v) is 5.49. The Balaban J connectivity index is 0.00000392. The third kappa shape index (κ3) is 7.38. The summed E-state index contributed by atoms with van der Waals surface area (Å²) >= 11 is 1.70. The van der Waals surface area contributed by atoms with E-state index in [2.05, 4.69) is 32.9 Å². The van der Waals surface area contributed by atoms with Gasteiger partial charge in [-0.2, -0.15) is 0 Å². The van der Waals surface area contributed by atoms with Crippen LogP contribution in [0, 0.1) is 19.8 Å². The highest BCUT2D eigenvalue weighted by Gasteiger charge is 2.10. The molecule has 0 bridgehead atoms. The van der Waals surface area contributed by atoms with Crippen molar-refractivity contribution in [2.24, 2.45) is 10.9 Å².